The van der Waals surface area contributed by atoms with Gasteiger partial charge in [0.25, 0.3) is 5.56 Å². The van der Waals surface area contributed by atoms with Gasteiger partial charge in [-0.2, -0.15) is 0 Å². The Hall–Kier alpha value is -1.99. The van der Waals surface area contributed by atoms with Crippen LogP contribution < -0.4 is 5.56 Å². The van der Waals surface area contributed by atoms with Gasteiger partial charge in [-0.1, -0.05) is 31.8 Å². The van der Waals surface area contributed by atoms with Gasteiger partial charge in [-0.05, 0) is 24.6 Å². The van der Waals surface area contributed by atoms with Gasteiger partial charge in [0.2, 0.25) is 5.82 Å². The number of hydrogen-bond donors (Lipinski definition) is 1. The lowest BCUT2D eigenvalue weighted by molar-refractivity contribution is 0.0599. The molecule has 0 saturated carbocycles. The van der Waals surface area contributed by atoms with Crippen molar-refractivity contribution in [3.63, 3.8) is 0 Å². The first kappa shape index (κ1) is 17.4. The molecule has 0 spiro atoms. The molecular formula is C16H22N2O4Si. The summed E-state index contributed by atoms with van der Waals surface area (Å²) in [7, 11) is -1.24. The Morgan fingerprint density at radius 1 is 1.35 bits per heavy atom. The highest BCUT2D eigenvalue weighted by molar-refractivity contribution is 6.76. The number of hydrogen-bond acceptors (Lipinski definition) is 4. The molecule has 6 nitrogen and oxygen atoms in total. The van der Waals surface area contributed by atoms with E-state index in [0.29, 0.717) is 17.5 Å². The molecule has 124 valence electrons. The van der Waals surface area contributed by atoms with Gasteiger partial charge >= 0.3 is 5.97 Å². The molecule has 0 unspecified atom stereocenters. The van der Waals surface area contributed by atoms with Crippen LogP contribution in [0, 0.1) is 6.92 Å². The first-order valence-corrected chi connectivity index (χ1v) is 11.2. The third-order valence-corrected chi connectivity index (χ3v) is 5.30. The van der Waals surface area contributed by atoms with Crippen LogP contribution in [0.25, 0.3) is 10.9 Å². The van der Waals surface area contributed by atoms with Gasteiger partial charge in [-0.3, -0.25) is 9.36 Å². The van der Waals surface area contributed by atoms with Crippen molar-refractivity contribution in [1.29, 1.82) is 0 Å². The van der Waals surface area contributed by atoms with Crippen LogP contribution in [0.15, 0.2) is 23.0 Å². The molecule has 23 heavy (non-hydrogen) atoms. The van der Waals surface area contributed by atoms with E-state index in [4.69, 9.17) is 4.74 Å². The molecule has 0 fully saturated rings. The van der Waals surface area contributed by atoms with Crippen molar-refractivity contribution < 1.29 is 14.6 Å². The summed E-state index contributed by atoms with van der Waals surface area (Å²) in [5.74, 6) is -1.53. The zero-order chi connectivity index (χ0) is 17.2. The number of aromatic carboxylic acids is 1. The maximum absolute atomic E-state index is 12.7. The van der Waals surface area contributed by atoms with Gasteiger partial charge in [-0.15, -0.1) is 0 Å². The van der Waals surface area contributed by atoms with Crippen molar-refractivity contribution in [2.24, 2.45) is 0 Å². The standard InChI is InChI=1S/C16H22N2O4Si/c1-11-6-5-7-12-13(11)15(19)18(14(17-12)16(20)21)10-22-8-9-23(2,3)4/h5-7H,8-10H2,1-4H3,(H,20,21). The summed E-state index contributed by atoms with van der Waals surface area (Å²) in [6.07, 6.45) is 0. The van der Waals surface area contributed by atoms with E-state index in [-0.39, 0.29) is 18.1 Å². The van der Waals surface area contributed by atoms with Gasteiger partial charge in [0.05, 0.1) is 10.9 Å². The molecular weight excluding hydrogens is 312 g/mol. The maximum Gasteiger partial charge on any atom is 0.372 e. The summed E-state index contributed by atoms with van der Waals surface area (Å²) in [6, 6.07) is 6.16. The molecule has 0 saturated heterocycles. The Kier molecular flexibility index (Phi) is 5.01. The molecule has 0 aliphatic carbocycles. The van der Waals surface area contributed by atoms with Crippen molar-refractivity contribution in [1.82, 2.24) is 9.55 Å². The number of rotatable bonds is 6. The Bertz CT molecular complexity index is 793. The van der Waals surface area contributed by atoms with Gasteiger partial charge < -0.3 is 9.84 Å². The summed E-state index contributed by atoms with van der Waals surface area (Å²) < 4.78 is 6.65. The number of carboxylic acids is 1. The predicted molar refractivity (Wildman–Crippen MR) is 91.8 cm³/mol. The number of fused-ring (bicyclic) bond motifs is 1. The monoisotopic (exact) mass is 334 g/mol. The van der Waals surface area contributed by atoms with Crippen molar-refractivity contribution in [3.8, 4) is 0 Å². The van der Waals surface area contributed by atoms with Crippen LogP contribution in [-0.4, -0.2) is 35.3 Å². The minimum Gasteiger partial charge on any atom is -0.475 e. The van der Waals surface area contributed by atoms with Crippen molar-refractivity contribution in [2.45, 2.75) is 39.3 Å². The lowest BCUT2D eigenvalue weighted by Gasteiger charge is -2.16. The van der Waals surface area contributed by atoms with Crippen LogP contribution in [0.4, 0.5) is 0 Å². The second-order valence-corrected chi connectivity index (χ2v) is 12.4. The van der Waals surface area contributed by atoms with E-state index in [2.05, 4.69) is 24.6 Å². The highest BCUT2D eigenvalue weighted by Crippen LogP contribution is 2.13. The molecule has 2 aromatic rings. The predicted octanol–water partition coefficient (Wildman–Crippen LogP) is 2.72. The van der Waals surface area contributed by atoms with E-state index in [0.717, 1.165) is 16.2 Å². The summed E-state index contributed by atoms with van der Waals surface area (Å²) in [4.78, 5) is 28.2. The summed E-state index contributed by atoms with van der Waals surface area (Å²) in [5, 5.41) is 9.77. The smallest absolute Gasteiger partial charge is 0.372 e. The molecule has 1 aromatic carbocycles. The third kappa shape index (κ3) is 4.05. The molecule has 0 aliphatic rings. The molecule has 0 atom stereocenters. The molecule has 0 aliphatic heterocycles. The van der Waals surface area contributed by atoms with Crippen LogP contribution in [-0.2, 0) is 11.5 Å². The van der Waals surface area contributed by atoms with Crippen LogP contribution in [0.2, 0.25) is 25.7 Å². The average Bonchev–Trinajstić information content (AvgIpc) is 2.43. The maximum atomic E-state index is 12.7. The van der Waals surface area contributed by atoms with E-state index in [1.54, 1.807) is 12.1 Å². The molecule has 0 radical (unpaired) electrons. The SMILES string of the molecule is Cc1cccc2nc(C(=O)O)n(COCC[Si](C)(C)C)c(=O)c12. The number of carbonyl (C=O) groups is 1. The number of ether oxygens (including phenoxy) is 1. The van der Waals surface area contributed by atoms with Crippen LogP contribution in [0.5, 0.6) is 0 Å². The first-order valence-electron chi connectivity index (χ1n) is 7.52. The van der Waals surface area contributed by atoms with E-state index < -0.39 is 14.0 Å². The van der Waals surface area contributed by atoms with Crippen LogP contribution in [0.1, 0.15) is 16.2 Å². The minimum absolute atomic E-state index is 0.0950. The number of aromatic nitrogens is 2. The van der Waals surface area contributed by atoms with Gasteiger partial charge in [0, 0.05) is 14.7 Å². The molecule has 7 heteroatoms. The fourth-order valence-corrected chi connectivity index (χ4v) is 3.00. The van der Waals surface area contributed by atoms with Gasteiger partial charge in [-0.25, -0.2) is 9.78 Å². The number of nitrogens with zero attached hydrogens (tertiary/aromatic N) is 2. The van der Waals surface area contributed by atoms with Crippen LogP contribution in [0.3, 0.4) is 0 Å². The minimum atomic E-state index is -1.24. The second kappa shape index (κ2) is 6.63. The zero-order valence-corrected chi connectivity index (χ0v) is 14.9. The fraction of sp³-hybridized carbons (Fsp3) is 0.438. The Morgan fingerprint density at radius 2 is 2.04 bits per heavy atom. The third-order valence-electron chi connectivity index (χ3n) is 3.60. The highest BCUT2D eigenvalue weighted by Gasteiger charge is 2.18. The molecule has 0 bridgehead atoms. The fourth-order valence-electron chi connectivity index (χ4n) is 2.25. The van der Waals surface area contributed by atoms with Gasteiger partial charge in [0.15, 0.2) is 0 Å². The zero-order valence-electron chi connectivity index (χ0n) is 13.9. The van der Waals surface area contributed by atoms with Crippen molar-refractivity contribution in [2.75, 3.05) is 6.61 Å². The van der Waals surface area contributed by atoms with Gasteiger partial charge in [0.1, 0.15) is 6.73 Å². The van der Waals surface area contributed by atoms with E-state index in [9.17, 15) is 14.7 Å². The average molecular weight is 334 g/mol. The van der Waals surface area contributed by atoms with Crippen molar-refractivity contribution >= 4 is 24.9 Å². The number of carboxylic acid groups (broad SMARTS) is 1. The van der Waals surface area contributed by atoms with Crippen LogP contribution >= 0.6 is 0 Å². The summed E-state index contributed by atoms with van der Waals surface area (Å²) in [5.41, 5.74) is 0.789. The highest BCUT2D eigenvalue weighted by atomic mass is 28.3. The topological polar surface area (TPSA) is 81.4 Å². The lowest BCUT2D eigenvalue weighted by Crippen LogP contribution is -2.30. The van der Waals surface area contributed by atoms with E-state index >= 15 is 0 Å². The summed E-state index contributed by atoms with van der Waals surface area (Å²) >= 11 is 0. The van der Waals surface area contributed by atoms with E-state index in [1.165, 1.54) is 0 Å². The quantitative estimate of drug-likeness (QED) is 0.649. The Balaban J connectivity index is 2.39. The number of benzene rings is 1. The normalized spacial score (nSPS) is 11.8. The molecule has 1 N–H and O–H groups in total. The first-order chi connectivity index (χ1) is 10.7. The van der Waals surface area contributed by atoms with Crippen molar-refractivity contribution in [3.05, 3.63) is 39.9 Å². The number of aryl methyl sites for hydroxylation is 1. The largest absolute Gasteiger partial charge is 0.475 e. The Labute approximate surface area is 135 Å². The lowest BCUT2D eigenvalue weighted by atomic mass is 10.1. The Morgan fingerprint density at radius 3 is 2.65 bits per heavy atom. The molecule has 2 rings (SSSR count). The molecule has 0 amide bonds. The summed E-state index contributed by atoms with van der Waals surface area (Å²) in [6.45, 7) is 8.90. The molecule has 1 heterocycles. The second-order valence-electron chi connectivity index (χ2n) is 6.79. The van der Waals surface area contributed by atoms with E-state index in [1.807, 2.05) is 13.0 Å². The molecule has 1 aromatic heterocycles.